The van der Waals surface area contributed by atoms with Crippen molar-refractivity contribution in [2.24, 2.45) is 23.2 Å². The van der Waals surface area contributed by atoms with E-state index in [9.17, 15) is 13.2 Å². The molecule has 2 aromatic carbocycles. The zero-order valence-electron chi connectivity index (χ0n) is 20.7. The molecule has 0 aliphatic heterocycles. The minimum absolute atomic E-state index is 0.0469. The fourth-order valence-electron chi connectivity index (χ4n) is 7.22. The van der Waals surface area contributed by atoms with Crippen molar-refractivity contribution >= 4 is 15.9 Å². The van der Waals surface area contributed by atoms with Gasteiger partial charge in [-0.2, -0.15) is 4.31 Å². The van der Waals surface area contributed by atoms with E-state index in [4.69, 9.17) is 4.74 Å². The van der Waals surface area contributed by atoms with Crippen molar-refractivity contribution in [3.05, 3.63) is 60.2 Å². The van der Waals surface area contributed by atoms with E-state index in [1.54, 1.807) is 19.2 Å². The standard InChI is InChI=1S/C28H36N2O4S/c1-20(28-15-22-12-23(16-28)14-24(13-22)17-28)29-27(31)19-30(18-21-6-4-3-5-7-21)35(32,33)26-10-8-25(34-2)9-11-26/h3-11,20,22-24H,12-19H2,1-2H3,(H,29,31)/t20-,22?,23?,24?,28?/m0/s1. The first kappa shape index (κ1) is 24.3. The fraction of sp³-hybridized carbons (Fsp3) is 0.536. The van der Waals surface area contributed by atoms with Gasteiger partial charge >= 0.3 is 0 Å². The van der Waals surface area contributed by atoms with Gasteiger partial charge in [-0.25, -0.2) is 8.42 Å². The molecule has 188 valence electrons. The molecular formula is C28H36N2O4S. The highest BCUT2D eigenvalue weighted by atomic mass is 32.2. The molecule has 2 aromatic rings. The highest BCUT2D eigenvalue weighted by Crippen LogP contribution is 2.61. The second-order valence-electron chi connectivity index (χ2n) is 11.0. The van der Waals surface area contributed by atoms with Gasteiger partial charge in [-0.3, -0.25) is 4.79 Å². The predicted octanol–water partition coefficient (Wildman–Crippen LogP) is 4.61. The molecule has 0 heterocycles. The van der Waals surface area contributed by atoms with Gasteiger partial charge < -0.3 is 10.1 Å². The van der Waals surface area contributed by atoms with E-state index in [1.165, 1.54) is 55.0 Å². The van der Waals surface area contributed by atoms with Crippen LogP contribution in [0.25, 0.3) is 0 Å². The Kier molecular flexibility index (Phi) is 6.66. The maximum Gasteiger partial charge on any atom is 0.243 e. The van der Waals surface area contributed by atoms with Gasteiger partial charge in [0.1, 0.15) is 5.75 Å². The number of methoxy groups -OCH3 is 1. The third-order valence-corrected chi connectivity index (χ3v) is 10.4. The molecule has 0 aromatic heterocycles. The highest BCUT2D eigenvalue weighted by molar-refractivity contribution is 7.89. The van der Waals surface area contributed by atoms with Crippen molar-refractivity contribution in [3.63, 3.8) is 0 Å². The molecule has 1 N–H and O–H groups in total. The lowest BCUT2D eigenvalue weighted by Gasteiger charge is -2.59. The van der Waals surface area contributed by atoms with Gasteiger partial charge in [-0.05, 0) is 98.4 Å². The molecule has 4 aliphatic carbocycles. The normalized spacial score (nSPS) is 28.1. The zero-order chi connectivity index (χ0) is 24.6. The topological polar surface area (TPSA) is 75.7 Å². The number of nitrogens with one attached hydrogen (secondary N) is 1. The fourth-order valence-corrected chi connectivity index (χ4v) is 8.60. The van der Waals surface area contributed by atoms with Gasteiger partial charge in [0.2, 0.25) is 15.9 Å². The summed E-state index contributed by atoms with van der Waals surface area (Å²) in [6, 6.07) is 15.8. The summed E-state index contributed by atoms with van der Waals surface area (Å²) in [5.74, 6) is 2.74. The molecule has 0 saturated heterocycles. The molecule has 1 amide bonds. The molecule has 35 heavy (non-hydrogen) atoms. The van der Waals surface area contributed by atoms with E-state index < -0.39 is 10.0 Å². The summed E-state index contributed by atoms with van der Waals surface area (Å²) >= 11 is 0. The van der Waals surface area contributed by atoms with Gasteiger partial charge in [0.15, 0.2) is 0 Å². The second-order valence-corrected chi connectivity index (χ2v) is 12.9. The summed E-state index contributed by atoms with van der Waals surface area (Å²) in [6.45, 7) is 2.05. The van der Waals surface area contributed by atoms with Crippen molar-refractivity contribution in [3.8, 4) is 5.75 Å². The van der Waals surface area contributed by atoms with Crippen LogP contribution in [-0.4, -0.2) is 38.3 Å². The van der Waals surface area contributed by atoms with E-state index >= 15 is 0 Å². The van der Waals surface area contributed by atoms with Crippen molar-refractivity contribution in [1.29, 1.82) is 0 Å². The van der Waals surface area contributed by atoms with E-state index in [1.807, 2.05) is 30.3 Å². The predicted molar refractivity (Wildman–Crippen MR) is 135 cm³/mol. The molecule has 4 aliphatic rings. The number of hydrogen-bond donors (Lipinski definition) is 1. The molecule has 4 bridgehead atoms. The molecule has 4 fully saturated rings. The summed E-state index contributed by atoms with van der Waals surface area (Å²) in [6.07, 6.45) is 7.63. The Labute approximate surface area is 209 Å². The summed E-state index contributed by atoms with van der Waals surface area (Å²) < 4.78 is 33.6. The number of hydrogen-bond acceptors (Lipinski definition) is 4. The van der Waals surface area contributed by atoms with Crippen molar-refractivity contribution in [2.75, 3.05) is 13.7 Å². The first-order chi connectivity index (χ1) is 16.8. The Morgan fingerprint density at radius 1 is 1.00 bits per heavy atom. The number of benzene rings is 2. The van der Waals surface area contributed by atoms with Gasteiger partial charge in [-0.15, -0.1) is 0 Å². The molecule has 4 saturated carbocycles. The summed E-state index contributed by atoms with van der Waals surface area (Å²) in [4.78, 5) is 13.4. The van der Waals surface area contributed by atoms with Gasteiger partial charge in [0, 0.05) is 12.6 Å². The quantitative estimate of drug-likeness (QED) is 0.550. The molecule has 6 rings (SSSR count). The lowest BCUT2D eigenvalue weighted by atomic mass is 9.48. The van der Waals surface area contributed by atoms with Crippen LogP contribution in [0.15, 0.2) is 59.5 Å². The van der Waals surface area contributed by atoms with Crippen LogP contribution in [0.1, 0.15) is 51.0 Å². The molecule has 0 radical (unpaired) electrons. The summed E-state index contributed by atoms with van der Waals surface area (Å²) in [5, 5.41) is 3.23. The third-order valence-electron chi connectivity index (χ3n) is 8.60. The molecular weight excluding hydrogens is 460 g/mol. The van der Waals surface area contributed by atoms with E-state index in [2.05, 4.69) is 12.2 Å². The van der Waals surface area contributed by atoms with Crippen LogP contribution in [0, 0.1) is 23.2 Å². The average molecular weight is 497 g/mol. The molecule has 7 heteroatoms. The maximum absolute atomic E-state index is 13.6. The SMILES string of the molecule is COc1ccc(S(=O)(=O)N(CC(=O)N[C@@H](C)C23CC4CC(CC(C4)C2)C3)Cc2ccccc2)cc1. The Hall–Kier alpha value is -2.38. The van der Waals surface area contributed by atoms with Crippen LogP contribution < -0.4 is 10.1 Å². The number of amides is 1. The van der Waals surface area contributed by atoms with E-state index in [0.717, 1.165) is 23.3 Å². The van der Waals surface area contributed by atoms with Gasteiger partial charge in [0.05, 0.1) is 18.6 Å². The summed E-state index contributed by atoms with van der Waals surface area (Å²) in [5.41, 5.74) is 1.01. The number of sulfonamides is 1. The smallest absolute Gasteiger partial charge is 0.243 e. The molecule has 0 spiro atoms. The van der Waals surface area contributed by atoms with Gasteiger partial charge in [0.25, 0.3) is 0 Å². The van der Waals surface area contributed by atoms with E-state index in [0.29, 0.717) is 5.75 Å². The highest BCUT2D eigenvalue weighted by Gasteiger charge is 2.53. The number of carbonyl (C=O) groups excluding carboxylic acids is 1. The van der Waals surface area contributed by atoms with Crippen LogP contribution >= 0.6 is 0 Å². The van der Waals surface area contributed by atoms with Crippen LogP contribution in [0.5, 0.6) is 5.75 Å². The number of rotatable bonds is 9. The Balaban J connectivity index is 1.33. The van der Waals surface area contributed by atoms with Crippen LogP contribution in [-0.2, 0) is 21.4 Å². The van der Waals surface area contributed by atoms with Crippen LogP contribution in [0.4, 0.5) is 0 Å². The third kappa shape index (κ3) is 4.98. The van der Waals surface area contributed by atoms with Crippen LogP contribution in [0.3, 0.4) is 0 Å². The first-order valence-electron chi connectivity index (χ1n) is 12.7. The summed E-state index contributed by atoms with van der Waals surface area (Å²) in [7, 11) is -2.34. The van der Waals surface area contributed by atoms with Crippen molar-refractivity contribution in [1.82, 2.24) is 9.62 Å². The lowest BCUT2D eigenvalue weighted by molar-refractivity contribution is -0.126. The zero-order valence-corrected chi connectivity index (χ0v) is 21.5. The Morgan fingerprint density at radius 3 is 2.11 bits per heavy atom. The van der Waals surface area contributed by atoms with Crippen molar-refractivity contribution < 1.29 is 17.9 Å². The minimum atomic E-state index is -3.88. The molecule has 6 nitrogen and oxygen atoms in total. The first-order valence-corrected chi connectivity index (χ1v) is 14.2. The van der Waals surface area contributed by atoms with E-state index in [-0.39, 0.29) is 35.3 Å². The second kappa shape index (κ2) is 9.58. The largest absolute Gasteiger partial charge is 0.497 e. The van der Waals surface area contributed by atoms with Gasteiger partial charge in [-0.1, -0.05) is 30.3 Å². The maximum atomic E-state index is 13.6. The lowest BCUT2D eigenvalue weighted by Crippen LogP contribution is -2.56. The molecule has 0 unspecified atom stereocenters. The monoisotopic (exact) mass is 496 g/mol. The molecule has 1 atom stereocenters. The Morgan fingerprint density at radius 2 is 1.57 bits per heavy atom. The number of nitrogens with zero attached hydrogens (tertiary/aromatic N) is 1. The van der Waals surface area contributed by atoms with Crippen LogP contribution in [0.2, 0.25) is 0 Å². The average Bonchev–Trinajstić information content (AvgIpc) is 2.83. The number of carbonyl (C=O) groups is 1. The minimum Gasteiger partial charge on any atom is -0.497 e. The van der Waals surface area contributed by atoms with Crippen molar-refractivity contribution in [2.45, 2.75) is 62.9 Å². The number of ether oxygens (including phenoxy) is 1. The Bertz CT molecular complexity index is 1110.